The molecule has 27 heavy (non-hydrogen) atoms. The van der Waals surface area contributed by atoms with Gasteiger partial charge in [-0.2, -0.15) is 0 Å². The van der Waals surface area contributed by atoms with Gasteiger partial charge in [0.05, 0.1) is 15.5 Å². The molecule has 0 radical (unpaired) electrons. The summed E-state index contributed by atoms with van der Waals surface area (Å²) in [4.78, 5) is 21.7. The number of aryl methyl sites for hydroxylation is 1. The Labute approximate surface area is 166 Å². The maximum absolute atomic E-state index is 12.8. The number of aromatic nitrogens is 2. The Morgan fingerprint density at radius 1 is 1.19 bits per heavy atom. The molecule has 0 saturated carbocycles. The van der Waals surface area contributed by atoms with Crippen molar-refractivity contribution < 1.29 is 4.79 Å². The first-order valence-electron chi connectivity index (χ1n) is 8.82. The molecule has 2 heterocycles. The Bertz CT molecular complexity index is 1120. The van der Waals surface area contributed by atoms with Crippen LogP contribution < -0.4 is 5.32 Å². The van der Waals surface area contributed by atoms with E-state index in [-0.39, 0.29) is 11.2 Å². The van der Waals surface area contributed by atoms with E-state index in [0.29, 0.717) is 0 Å². The van der Waals surface area contributed by atoms with Gasteiger partial charge >= 0.3 is 0 Å². The van der Waals surface area contributed by atoms with Gasteiger partial charge in [-0.15, -0.1) is 11.3 Å². The summed E-state index contributed by atoms with van der Waals surface area (Å²) < 4.78 is 2.23. The van der Waals surface area contributed by atoms with Gasteiger partial charge in [0.2, 0.25) is 5.91 Å². The molecule has 136 valence electrons. The van der Waals surface area contributed by atoms with Crippen molar-refractivity contribution in [1.82, 2.24) is 9.97 Å². The highest BCUT2D eigenvalue weighted by Crippen LogP contribution is 2.38. The molecule has 0 saturated heterocycles. The van der Waals surface area contributed by atoms with E-state index in [4.69, 9.17) is 0 Å². The van der Waals surface area contributed by atoms with Crippen LogP contribution in [0.15, 0.2) is 59.9 Å². The van der Waals surface area contributed by atoms with E-state index in [9.17, 15) is 4.79 Å². The number of thioether (sulfide) groups is 1. The fraction of sp³-hybridized carbons (Fsp3) is 0.190. The number of hydrogen-bond donors (Lipinski definition) is 1. The predicted molar refractivity (Wildman–Crippen MR) is 115 cm³/mol. The molecule has 4 nitrogen and oxygen atoms in total. The number of anilines is 1. The van der Waals surface area contributed by atoms with Crippen LogP contribution in [-0.4, -0.2) is 21.1 Å². The Hall–Kier alpha value is -2.44. The number of benzene rings is 2. The maximum Gasteiger partial charge on any atom is 0.237 e. The third kappa shape index (κ3) is 3.68. The summed E-state index contributed by atoms with van der Waals surface area (Å²) in [6, 6.07) is 16.1. The lowest BCUT2D eigenvalue weighted by atomic mass is 10.2. The Balaban J connectivity index is 1.62. The smallest absolute Gasteiger partial charge is 0.237 e. The van der Waals surface area contributed by atoms with Crippen LogP contribution in [0.2, 0.25) is 0 Å². The molecule has 1 amide bonds. The predicted octanol–water partition coefficient (Wildman–Crippen LogP) is 5.66. The van der Waals surface area contributed by atoms with Crippen molar-refractivity contribution in [2.45, 2.75) is 30.5 Å². The van der Waals surface area contributed by atoms with Crippen LogP contribution in [0, 0.1) is 6.92 Å². The van der Waals surface area contributed by atoms with E-state index in [1.165, 1.54) is 16.5 Å². The van der Waals surface area contributed by atoms with E-state index in [0.717, 1.165) is 38.3 Å². The highest BCUT2D eigenvalue weighted by Gasteiger charge is 2.21. The van der Waals surface area contributed by atoms with Crippen molar-refractivity contribution in [3.8, 4) is 0 Å². The zero-order chi connectivity index (χ0) is 18.8. The van der Waals surface area contributed by atoms with Crippen LogP contribution in [0.5, 0.6) is 0 Å². The molecule has 4 aromatic rings. The number of rotatable bonds is 5. The number of amides is 1. The van der Waals surface area contributed by atoms with Gasteiger partial charge in [0.25, 0.3) is 0 Å². The van der Waals surface area contributed by atoms with Gasteiger partial charge in [0.15, 0.2) is 0 Å². The summed E-state index contributed by atoms with van der Waals surface area (Å²) in [5, 5.41) is 4.82. The van der Waals surface area contributed by atoms with Crippen molar-refractivity contribution in [1.29, 1.82) is 0 Å². The van der Waals surface area contributed by atoms with E-state index >= 15 is 0 Å². The minimum absolute atomic E-state index is 0.000901. The molecule has 0 fully saturated rings. The van der Waals surface area contributed by atoms with Crippen LogP contribution >= 0.6 is 23.1 Å². The minimum Gasteiger partial charge on any atom is -0.325 e. The number of hydrogen-bond acceptors (Lipinski definition) is 5. The molecule has 1 atom stereocenters. The van der Waals surface area contributed by atoms with Crippen LogP contribution in [0.25, 0.3) is 20.3 Å². The molecule has 0 spiro atoms. The Kier molecular flexibility index (Phi) is 5.09. The zero-order valence-electron chi connectivity index (χ0n) is 15.1. The number of nitrogens with one attached hydrogen (secondary N) is 1. The number of carbonyl (C=O) groups is 1. The molecular formula is C21H19N3OS2. The van der Waals surface area contributed by atoms with Crippen molar-refractivity contribution in [2.24, 2.45) is 0 Å². The SMILES string of the molecule is CC[C@@H](Sc1ncnc2c1sc1ccccc12)C(=O)Nc1cccc(C)c1. The van der Waals surface area contributed by atoms with Crippen molar-refractivity contribution in [2.75, 3.05) is 5.32 Å². The highest BCUT2D eigenvalue weighted by molar-refractivity contribution is 8.00. The summed E-state index contributed by atoms with van der Waals surface area (Å²) >= 11 is 3.19. The van der Waals surface area contributed by atoms with Crippen molar-refractivity contribution in [3.05, 3.63) is 60.4 Å². The lowest BCUT2D eigenvalue weighted by Gasteiger charge is -2.14. The molecular weight excluding hydrogens is 374 g/mol. The second kappa shape index (κ2) is 7.66. The lowest BCUT2D eigenvalue weighted by Crippen LogP contribution is -2.24. The van der Waals surface area contributed by atoms with Crippen LogP contribution in [-0.2, 0) is 4.79 Å². The normalized spacial score (nSPS) is 12.4. The molecule has 0 aliphatic carbocycles. The van der Waals surface area contributed by atoms with Gasteiger partial charge in [0, 0.05) is 15.8 Å². The first-order chi connectivity index (χ1) is 13.2. The monoisotopic (exact) mass is 393 g/mol. The number of nitrogens with zero attached hydrogens (tertiary/aromatic N) is 2. The fourth-order valence-electron chi connectivity index (χ4n) is 2.99. The molecule has 0 aliphatic heterocycles. The highest BCUT2D eigenvalue weighted by atomic mass is 32.2. The number of thiophene rings is 1. The van der Waals surface area contributed by atoms with Gasteiger partial charge < -0.3 is 5.32 Å². The summed E-state index contributed by atoms with van der Waals surface area (Å²) in [6.45, 7) is 4.04. The minimum atomic E-state index is -0.214. The summed E-state index contributed by atoms with van der Waals surface area (Å²) in [5.41, 5.74) is 2.91. The summed E-state index contributed by atoms with van der Waals surface area (Å²) in [5.74, 6) is 0.000901. The second-order valence-electron chi connectivity index (χ2n) is 6.33. The van der Waals surface area contributed by atoms with E-state index < -0.39 is 0 Å². The van der Waals surface area contributed by atoms with E-state index in [1.54, 1.807) is 17.7 Å². The van der Waals surface area contributed by atoms with Gasteiger partial charge in [0.1, 0.15) is 11.4 Å². The third-order valence-corrected chi connectivity index (χ3v) is 6.99. The number of fused-ring (bicyclic) bond motifs is 3. The van der Waals surface area contributed by atoms with Gasteiger partial charge in [-0.25, -0.2) is 9.97 Å². The largest absolute Gasteiger partial charge is 0.325 e. The standard InChI is InChI=1S/C21H19N3OS2/c1-3-16(20(25)24-14-8-6-7-13(2)11-14)27-21-19-18(22-12-23-21)15-9-4-5-10-17(15)26-19/h4-12,16H,3H2,1-2H3,(H,24,25)/t16-/m1/s1. The van der Waals surface area contributed by atoms with Crippen molar-refractivity contribution in [3.63, 3.8) is 0 Å². The summed E-state index contributed by atoms with van der Waals surface area (Å²) in [7, 11) is 0. The van der Waals surface area contributed by atoms with Crippen LogP contribution in [0.4, 0.5) is 5.69 Å². The molecule has 0 unspecified atom stereocenters. The molecule has 2 aromatic carbocycles. The molecule has 4 rings (SSSR count). The van der Waals surface area contributed by atoms with Gasteiger partial charge in [-0.3, -0.25) is 4.79 Å². The maximum atomic E-state index is 12.8. The average Bonchev–Trinajstić information content (AvgIpc) is 3.05. The van der Waals surface area contributed by atoms with Crippen LogP contribution in [0.1, 0.15) is 18.9 Å². The van der Waals surface area contributed by atoms with Gasteiger partial charge in [-0.05, 0) is 37.1 Å². The van der Waals surface area contributed by atoms with Crippen LogP contribution in [0.3, 0.4) is 0 Å². The zero-order valence-corrected chi connectivity index (χ0v) is 16.7. The molecule has 6 heteroatoms. The summed E-state index contributed by atoms with van der Waals surface area (Å²) in [6.07, 6.45) is 2.31. The first-order valence-corrected chi connectivity index (χ1v) is 10.5. The topological polar surface area (TPSA) is 54.9 Å². The average molecular weight is 394 g/mol. The van der Waals surface area contributed by atoms with E-state index in [1.807, 2.05) is 50.2 Å². The Morgan fingerprint density at radius 2 is 2.04 bits per heavy atom. The molecule has 0 aliphatic rings. The first kappa shape index (κ1) is 17.9. The van der Waals surface area contributed by atoms with Crippen molar-refractivity contribution >= 4 is 55.0 Å². The van der Waals surface area contributed by atoms with E-state index in [2.05, 4.69) is 27.4 Å². The fourth-order valence-corrected chi connectivity index (χ4v) is 5.21. The number of carbonyl (C=O) groups excluding carboxylic acids is 1. The third-order valence-electron chi connectivity index (χ3n) is 4.33. The molecule has 2 aromatic heterocycles. The van der Waals surface area contributed by atoms with Gasteiger partial charge in [-0.1, -0.05) is 49.0 Å². The molecule has 0 bridgehead atoms. The Morgan fingerprint density at radius 3 is 2.85 bits per heavy atom. The lowest BCUT2D eigenvalue weighted by molar-refractivity contribution is -0.115. The molecule has 1 N–H and O–H groups in total. The second-order valence-corrected chi connectivity index (χ2v) is 8.57. The quantitative estimate of drug-likeness (QED) is 0.351.